The third-order valence-corrected chi connectivity index (χ3v) is 14.5. The molecule has 0 spiro atoms. The second-order valence-corrected chi connectivity index (χ2v) is 20.7. The first-order valence-electron chi connectivity index (χ1n) is 19.6. The Labute approximate surface area is 380 Å². The van der Waals surface area contributed by atoms with E-state index in [1.165, 1.54) is 40.7 Å². The zero-order valence-electron chi connectivity index (χ0n) is 35.6. The maximum absolute atomic E-state index is 12.8. The quantitative estimate of drug-likeness (QED) is 0.0159. The fourth-order valence-electron chi connectivity index (χ4n) is 7.41. The minimum absolute atomic E-state index is 0.0932. The predicted octanol–water partition coefficient (Wildman–Crippen LogP) is -2.34. The van der Waals surface area contributed by atoms with E-state index in [1.54, 1.807) is 26.8 Å². The summed E-state index contributed by atoms with van der Waals surface area (Å²) >= 11 is 0. The number of nitrogens with two attached hydrogens (primary N) is 2. The van der Waals surface area contributed by atoms with Gasteiger partial charge in [-0.2, -0.15) is 4.98 Å². The number of hydrogen-bond acceptors (Lipinski definition) is 26. The molecule has 32 nitrogen and oxygen atoms in total. The number of nitro benzene ring substituents is 1. The molecule has 6 heterocycles. The van der Waals surface area contributed by atoms with E-state index in [-0.39, 0.29) is 39.5 Å². The number of phosphoric acid groups is 3. The van der Waals surface area contributed by atoms with Gasteiger partial charge in [0, 0.05) is 11.9 Å². The number of fused-ring (bicyclic) bond motifs is 2. The Bertz CT molecular complexity index is 2910. The van der Waals surface area contributed by atoms with Crippen molar-refractivity contribution in [3.8, 4) is 5.88 Å². The van der Waals surface area contributed by atoms with Gasteiger partial charge in [-0.1, -0.05) is 37.9 Å². The molecule has 68 heavy (non-hydrogen) atoms. The number of H-pyrrole nitrogens is 1. The maximum atomic E-state index is 12.8. The van der Waals surface area contributed by atoms with E-state index in [1.807, 2.05) is 0 Å². The standard InChI is InChI=1S/C33H44N11O21P3/c1-33(2,3)24(14-7-5-6-8-15(14)44(50)51)59-13-58-23-21(46)17(63-30(23)43-12-41(4)19-26(43)38-32(35)40-28(19)49)10-61-67(54,55)65-68(56,57)64-66(52,53)60-9-16-20(45)22(47)29(62-16)42-11-36-18-25(42)37-31(34)39-27(18)48/h5-8,11-12,16-17,20-24,29-30,45-47H,9-10,13H2,1-4H3,(H8-,34,35,37,38,39,40,48,49,52,53,54,55,56,57)/p-2/t16-,17-,20+,21?,22?,23+,24?,29-,30-/m1/s1. The van der Waals surface area contributed by atoms with Crippen molar-refractivity contribution >= 4 is 63.4 Å². The second-order valence-electron chi connectivity index (χ2n) is 16.2. The lowest BCUT2D eigenvalue weighted by Gasteiger charge is -2.32. The number of aromatic amines is 1. The van der Waals surface area contributed by atoms with Gasteiger partial charge in [0.1, 0.15) is 43.4 Å². The van der Waals surface area contributed by atoms with E-state index in [2.05, 4.69) is 42.6 Å². The van der Waals surface area contributed by atoms with Gasteiger partial charge in [-0.25, -0.2) is 27.7 Å². The summed E-state index contributed by atoms with van der Waals surface area (Å²) in [5.74, 6) is -1.60. The SMILES string of the molecule is Cn1c[n+]([C@@H]2O[C@H](COP(=O)([O-])OP(=O)([O-])OP(=O)(O)OC[C@H]3O[C@@H](n4cnc5c(=O)[nH]c(N)nc54)C(O)[C@H]3O)C(O)[C@@H]2OCOC(c2ccccc2[N+](=O)[O-])C(C)(C)C)c2nc(N)nc([O-])c21. The average Bonchev–Trinajstić information content (AvgIpc) is 3.95. The monoisotopic (exact) mass is 1020 g/mol. The van der Waals surface area contributed by atoms with Crippen LogP contribution in [0.5, 0.6) is 5.88 Å². The number of phosphoric ester groups is 2. The number of para-hydroxylation sites is 1. The van der Waals surface area contributed by atoms with Crippen molar-refractivity contribution in [1.82, 2.24) is 34.1 Å². The number of nitrogen functional groups attached to an aromatic ring is 2. The number of hydrogen-bond donors (Lipinski definition) is 7. The Morgan fingerprint density at radius 1 is 0.985 bits per heavy atom. The van der Waals surface area contributed by atoms with Crippen LogP contribution in [0, 0.1) is 15.5 Å². The van der Waals surface area contributed by atoms with Crippen LogP contribution in [0.4, 0.5) is 17.6 Å². The largest absolute Gasteiger partial charge is 0.856 e. The molecule has 12 atom stereocenters. The minimum Gasteiger partial charge on any atom is -0.856 e. The number of aliphatic hydroxyl groups excluding tert-OH is 3. The van der Waals surface area contributed by atoms with Gasteiger partial charge < -0.3 is 70.0 Å². The van der Waals surface area contributed by atoms with Gasteiger partial charge in [-0.05, 0) is 11.5 Å². The highest BCUT2D eigenvalue weighted by atomic mass is 31.3. The summed E-state index contributed by atoms with van der Waals surface area (Å²) in [4.78, 5) is 76.7. The normalized spacial score (nSPS) is 26.4. The first kappa shape index (κ1) is 50.9. The van der Waals surface area contributed by atoms with Crippen LogP contribution in [0.3, 0.4) is 0 Å². The summed E-state index contributed by atoms with van der Waals surface area (Å²) in [6.45, 7) is 2.12. The third-order valence-electron chi connectivity index (χ3n) is 10.3. The van der Waals surface area contributed by atoms with E-state index in [9.17, 15) is 63.7 Å². The number of nitrogens with one attached hydrogen (secondary N) is 1. The maximum Gasteiger partial charge on any atom is 0.478 e. The number of nitrogens with zero attached hydrogens (tertiary/aromatic N) is 8. The van der Waals surface area contributed by atoms with Crippen LogP contribution in [0.1, 0.15) is 44.9 Å². The molecule has 2 fully saturated rings. The molecule has 2 saturated heterocycles. The lowest BCUT2D eigenvalue weighted by atomic mass is 9.84. The fourth-order valence-corrected chi connectivity index (χ4v) is 10.8. The summed E-state index contributed by atoms with van der Waals surface area (Å²) in [6, 6.07) is 5.80. The van der Waals surface area contributed by atoms with Gasteiger partial charge in [-0.15, -0.1) is 0 Å². The van der Waals surface area contributed by atoms with Gasteiger partial charge in [0.25, 0.3) is 32.8 Å². The molecule has 9 N–H and O–H groups in total. The van der Waals surface area contributed by atoms with E-state index in [0.29, 0.717) is 0 Å². The number of benzene rings is 1. The van der Waals surface area contributed by atoms with Crippen molar-refractivity contribution in [2.45, 2.75) is 76.0 Å². The van der Waals surface area contributed by atoms with Crippen LogP contribution >= 0.6 is 23.5 Å². The fraction of sp³-hybridized carbons (Fsp3) is 0.515. The summed E-state index contributed by atoms with van der Waals surface area (Å²) < 4.78 is 82.2. The number of nitro groups is 1. The van der Waals surface area contributed by atoms with Crippen molar-refractivity contribution in [1.29, 1.82) is 0 Å². The third kappa shape index (κ3) is 10.8. The van der Waals surface area contributed by atoms with E-state index < -0.39 is 126 Å². The first-order chi connectivity index (χ1) is 31.7. The molecule has 0 bridgehead atoms. The minimum atomic E-state index is -6.42. The summed E-state index contributed by atoms with van der Waals surface area (Å²) in [7, 11) is -17.0. The van der Waals surface area contributed by atoms with Crippen LogP contribution in [0.25, 0.3) is 22.3 Å². The van der Waals surface area contributed by atoms with Gasteiger partial charge in [0.05, 0.1) is 43.2 Å². The Kier molecular flexibility index (Phi) is 14.3. The molecular formula is C33H42N11O21P3-2. The van der Waals surface area contributed by atoms with E-state index in [4.69, 9.17) is 30.4 Å². The molecule has 35 heteroatoms. The second kappa shape index (κ2) is 19.1. The zero-order valence-corrected chi connectivity index (χ0v) is 38.3. The number of aromatic nitrogens is 8. The molecule has 7 rings (SSSR count). The smallest absolute Gasteiger partial charge is 0.478 e. The Morgan fingerprint density at radius 3 is 2.35 bits per heavy atom. The van der Waals surface area contributed by atoms with Crippen molar-refractivity contribution in [3.63, 3.8) is 0 Å². The summed E-state index contributed by atoms with van der Waals surface area (Å²) in [5.41, 5.74) is 9.07. The Morgan fingerprint density at radius 2 is 1.66 bits per heavy atom. The number of imidazole rings is 2. The van der Waals surface area contributed by atoms with Gasteiger partial charge in [0.15, 0.2) is 29.2 Å². The average molecular weight is 1020 g/mol. The molecule has 6 unspecified atom stereocenters. The van der Waals surface area contributed by atoms with Crippen molar-refractivity contribution < 1.29 is 94.9 Å². The first-order valence-corrected chi connectivity index (χ1v) is 24.0. The van der Waals surface area contributed by atoms with Crippen molar-refractivity contribution in [2.75, 3.05) is 31.5 Å². The number of ether oxygens (including phenoxy) is 4. The number of anilines is 2. The lowest BCUT2D eigenvalue weighted by molar-refractivity contribution is -0.746. The van der Waals surface area contributed by atoms with Gasteiger partial charge in [-0.3, -0.25) is 42.7 Å². The molecule has 0 amide bonds. The van der Waals surface area contributed by atoms with E-state index >= 15 is 0 Å². The van der Waals surface area contributed by atoms with Crippen LogP contribution in [-0.4, -0.2) is 116 Å². The van der Waals surface area contributed by atoms with Crippen LogP contribution in [0.2, 0.25) is 0 Å². The summed E-state index contributed by atoms with van der Waals surface area (Å²) in [5, 5.41) is 57.3. The highest BCUT2D eigenvalue weighted by Gasteiger charge is 2.50. The Balaban J connectivity index is 1.02. The highest BCUT2D eigenvalue weighted by Crippen LogP contribution is 2.64. The zero-order chi connectivity index (χ0) is 49.8. The molecule has 2 aliphatic heterocycles. The topological polar surface area (TPSA) is 468 Å². The molecule has 0 radical (unpaired) electrons. The van der Waals surface area contributed by atoms with Gasteiger partial charge >= 0.3 is 13.5 Å². The van der Waals surface area contributed by atoms with Crippen LogP contribution in [-0.2, 0) is 57.4 Å². The molecule has 0 aliphatic carbocycles. The highest BCUT2D eigenvalue weighted by molar-refractivity contribution is 7.65. The molecule has 372 valence electrons. The molecule has 4 aromatic heterocycles. The molecule has 1 aromatic carbocycles. The number of aliphatic hydroxyl groups is 3. The lowest BCUT2D eigenvalue weighted by Crippen LogP contribution is -2.47. The Hall–Kier alpha value is -4.95. The van der Waals surface area contributed by atoms with Crippen molar-refractivity contribution in [3.05, 3.63) is 63.0 Å². The summed E-state index contributed by atoms with van der Waals surface area (Å²) in [6.07, 6.45) is -12.3. The molecule has 2 aliphatic rings. The molecule has 5 aromatic rings. The number of rotatable bonds is 18. The molecular weight excluding hydrogens is 979 g/mol. The predicted molar refractivity (Wildman–Crippen MR) is 216 cm³/mol. The van der Waals surface area contributed by atoms with Gasteiger partial charge in [0.2, 0.25) is 12.2 Å². The van der Waals surface area contributed by atoms with E-state index in [0.717, 1.165) is 10.9 Å². The number of aryl methyl sites for hydroxylation is 1. The van der Waals surface area contributed by atoms with Crippen LogP contribution in [0.15, 0.2) is 41.7 Å². The molecule has 0 saturated carbocycles. The van der Waals surface area contributed by atoms with Crippen LogP contribution < -0.4 is 36.5 Å². The van der Waals surface area contributed by atoms with Crippen molar-refractivity contribution in [2.24, 2.45) is 12.5 Å².